The topological polar surface area (TPSA) is 17.1 Å². The molecule has 0 aliphatic carbocycles. The van der Waals surface area contributed by atoms with Crippen molar-refractivity contribution in [2.75, 3.05) is 0 Å². The molecule has 0 saturated heterocycles. The number of halogens is 5. The molecule has 1 aromatic carbocycles. The van der Waals surface area contributed by atoms with Crippen LogP contribution in [-0.4, -0.2) is 12.0 Å². The van der Waals surface area contributed by atoms with Crippen molar-refractivity contribution >= 4 is 27.8 Å². The van der Waals surface area contributed by atoms with Gasteiger partial charge in [-0.25, -0.2) is 4.39 Å². The van der Waals surface area contributed by atoms with E-state index in [1.54, 1.807) is 0 Å². The van der Waals surface area contributed by atoms with Crippen molar-refractivity contribution in [2.24, 2.45) is 0 Å². The van der Waals surface area contributed by atoms with Crippen LogP contribution in [-0.2, 0) is 4.79 Å². The van der Waals surface area contributed by atoms with Crippen LogP contribution in [0.1, 0.15) is 5.56 Å². The molecule has 0 N–H and O–H groups in total. The first-order valence-corrected chi connectivity index (χ1v) is 4.84. The standard InChI is InChI=1S/C10H5BrF4O/c11-7-5-6(1-3-8(7)12)2-4-9(16)10(13,14)15/h1-5H/b4-2+. The Bertz CT molecular complexity index is 437. The van der Waals surface area contributed by atoms with Gasteiger partial charge in [-0.2, -0.15) is 13.2 Å². The van der Waals surface area contributed by atoms with E-state index in [4.69, 9.17) is 0 Å². The molecule has 1 nitrogen and oxygen atoms in total. The van der Waals surface area contributed by atoms with Crippen molar-refractivity contribution < 1.29 is 22.4 Å². The lowest BCUT2D eigenvalue weighted by Gasteiger charge is -2.00. The number of alkyl halides is 3. The minimum atomic E-state index is -4.88. The van der Waals surface area contributed by atoms with E-state index in [9.17, 15) is 22.4 Å². The zero-order chi connectivity index (χ0) is 12.3. The predicted octanol–water partition coefficient (Wildman–Crippen LogP) is 3.73. The number of rotatable bonds is 2. The molecule has 86 valence electrons. The summed E-state index contributed by atoms with van der Waals surface area (Å²) in [6.45, 7) is 0. The van der Waals surface area contributed by atoms with Crippen molar-refractivity contribution in [1.29, 1.82) is 0 Å². The van der Waals surface area contributed by atoms with E-state index in [0.717, 1.165) is 12.1 Å². The Morgan fingerprint density at radius 2 is 1.94 bits per heavy atom. The lowest BCUT2D eigenvalue weighted by molar-refractivity contribution is -0.165. The van der Waals surface area contributed by atoms with Crippen LogP contribution in [0, 0.1) is 5.82 Å². The van der Waals surface area contributed by atoms with Gasteiger partial charge in [0, 0.05) is 0 Å². The van der Waals surface area contributed by atoms with Crippen LogP contribution in [0.3, 0.4) is 0 Å². The number of hydrogen-bond acceptors (Lipinski definition) is 1. The normalized spacial score (nSPS) is 12.1. The zero-order valence-electron chi connectivity index (χ0n) is 7.68. The summed E-state index contributed by atoms with van der Waals surface area (Å²) in [5.41, 5.74) is 0.297. The van der Waals surface area contributed by atoms with Gasteiger partial charge in [0.1, 0.15) is 5.82 Å². The van der Waals surface area contributed by atoms with Gasteiger partial charge in [0.15, 0.2) is 0 Å². The molecule has 0 aromatic heterocycles. The summed E-state index contributed by atoms with van der Waals surface area (Å²) in [6.07, 6.45) is -3.51. The van der Waals surface area contributed by atoms with Crippen LogP contribution in [0.15, 0.2) is 28.7 Å². The van der Waals surface area contributed by atoms with Gasteiger partial charge >= 0.3 is 6.18 Å². The second kappa shape index (κ2) is 4.78. The third-order valence-electron chi connectivity index (χ3n) is 1.65. The highest BCUT2D eigenvalue weighted by Crippen LogP contribution is 2.20. The van der Waals surface area contributed by atoms with Gasteiger partial charge < -0.3 is 0 Å². The first-order chi connectivity index (χ1) is 7.30. The molecule has 0 fully saturated rings. The molecule has 0 aliphatic heterocycles. The summed E-state index contributed by atoms with van der Waals surface area (Å²) in [5.74, 6) is -2.48. The third kappa shape index (κ3) is 3.44. The SMILES string of the molecule is O=C(/C=C/c1ccc(F)c(Br)c1)C(F)(F)F. The molecule has 0 atom stereocenters. The molecule has 0 amide bonds. The van der Waals surface area contributed by atoms with Crippen molar-refractivity contribution in [3.63, 3.8) is 0 Å². The zero-order valence-corrected chi connectivity index (χ0v) is 9.27. The number of hydrogen-bond donors (Lipinski definition) is 0. The highest BCUT2D eigenvalue weighted by atomic mass is 79.9. The number of benzene rings is 1. The van der Waals surface area contributed by atoms with Crippen LogP contribution in [0.25, 0.3) is 6.08 Å². The van der Waals surface area contributed by atoms with Crippen LogP contribution in [0.5, 0.6) is 0 Å². The van der Waals surface area contributed by atoms with Crippen LogP contribution >= 0.6 is 15.9 Å². The number of allylic oxidation sites excluding steroid dienone is 1. The molecule has 1 rings (SSSR count). The lowest BCUT2D eigenvalue weighted by atomic mass is 10.2. The number of carbonyl (C=O) groups excluding carboxylic acids is 1. The molecule has 0 unspecified atom stereocenters. The maximum atomic E-state index is 12.8. The molecule has 0 saturated carbocycles. The van der Waals surface area contributed by atoms with Crippen molar-refractivity contribution in [3.05, 3.63) is 40.1 Å². The Balaban J connectivity index is 2.85. The van der Waals surface area contributed by atoms with Crippen molar-refractivity contribution in [1.82, 2.24) is 0 Å². The second-order valence-corrected chi connectivity index (χ2v) is 3.72. The second-order valence-electron chi connectivity index (χ2n) is 2.87. The largest absolute Gasteiger partial charge is 0.454 e. The molecule has 0 spiro atoms. The fourth-order valence-corrected chi connectivity index (χ4v) is 1.28. The smallest absolute Gasteiger partial charge is 0.285 e. The van der Waals surface area contributed by atoms with Gasteiger partial charge in [-0.15, -0.1) is 0 Å². The summed E-state index contributed by atoms with van der Waals surface area (Å²) in [7, 11) is 0. The number of ketones is 1. The Morgan fingerprint density at radius 1 is 1.31 bits per heavy atom. The predicted molar refractivity (Wildman–Crippen MR) is 54.2 cm³/mol. The third-order valence-corrected chi connectivity index (χ3v) is 2.26. The van der Waals surface area contributed by atoms with Gasteiger partial charge in [-0.05, 0) is 39.7 Å². The van der Waals surface area contributed by atoms with Crippen molar-refractivity contribution in [3.8, 4) is 0 Å². The summed E-state index contributed by atoms with van der Waals surface area (Å²) in [4.78, 5) is 10.5. The summed E-state index contributed by atoms with van der Waals surface area (Å²) in [6, 6.07) is 3.62. The highest BCUT2D eigenvalue weighted by molar-refractivity contribution is 9.10. The molecular formula is C10H5BrF4O. The Labute approximate surface area is 96.9 Å². The van der Waals surface area contributed by atoms with E-state index in [1.807, 2.05) is 0 Å². The maximum Gasteiger partial charge on any atom is 0.454 e. The summed E-state index contributed by atoms with van der Waals surface area (Å²) in [5, 5.41) is 0. The van der Waals surface area contributed by atoms with Gasteiger partial charge in [-0.1, -0.05) is 12.1 Å². The molecule has 1 aromatic rings. The molecule has 0 aliphatic rings. The van der Waals surface area contributed by atoms with E-state index >= 15 is 0 Å². The fraction of sp³-hybridized carbons (Fsp3) is 0.100. The monoisotopic (exact) mass is 296 g/mol. The van der Waals surface area contributed by atoms with Crippen molar-refractivity contribution in [2.45, 2.75) is 6.18 Å². The highest BCUT2D eigenvalue weighted by Gasteiger charge is 2.35. The van der Waals surface area contributed by atoms with E-state index in [-0.39, 0.29) is 4.47 Å². The fourth-order valence-electron chi connectivity index (χ4n) is 0.882. The van der Waals surface area contributed by atoms with E-state index < -0.39 is 17.8 Å². The molecule has 16 heavy (non-hydrogen) atoms. The summed E-state index contributed by atoms with van der Waals surface area (Å²) < 4.78 is 48.4. The average molecular weight is 297 g/mol. The molecule has 6 heteroatoms. The van der Waals surface area contributed by atoms with Gasteiger partial charge in [0.05, 0.1) is 4.47 Å². The van der Waals surface area contributed by atoms with Crippen LogP contribution in [0.4, 0.5) is 17.6 Å². The Morgan fingerprint density at radius 3 is 2.44 bits per heavy atom. The molecule has 0 bridgehead atoms. The van der Waals surface area contributed by atoms with Gasteiger partial charge in [0.25, 0.3) is 5.78 Å². The minimum absolute atomic E-state index is 0.120. The van der Waals surface area contributed by atoms with E-state index in [2.05, 4.69) is 15.9 Å². The summed E-state index contributed by atoms with van der Waals surface area (Å²) >= 11 is 2.88. The van der Waals surface area contributed by atoms with E-state index in [0.29, 0.717) is 11.6 Å². The number of carbonyl (C=O) groups is 1. The van der Waals surface area contributed by atoms with E-state index in [1.165, 1.54) is 12.1 Å². The maximum absolute atomic E-state index is 12.8. The van der Waals surface area contributed by atoms with Crippen LogP contribution < -0.4 is 0 Å². The van der Waals surface area contributed by atoms with Gasteiger partial charge in [-0.3, -0.25) is 4.79 Å². The lowest BCUT2D eigenvalue weighted by Crippen LogP contribution is -2.19. The molecule has 0 radical (unpaired) electrons. The molecular weight excluding hydrogens is 292 g/mol. The quantitative estimate of drug-likeness (QED) is 0.600. The van der Waals surface area contributed by atoms with Gasteiger partial charge in [0.2, 0.25) is 0 Å². The average Bonchev–Trinajstić information content (AvgIpc) is 2.18. The Hall–Kier alpha value is -1.17. The van der Waals surface area contributed by atoms with Crippen LogP contribution in [0.2, 0.25) is 0 Å². The Kier molecular flexibility index (Phi) is 3.85. The molecule has 0 heterocycles. The minimum Gasteiger partial charge on any atom is -0.285 e. The first kappa shape index (κ1) is 12.9. The first-order valence-electron chi connectivity index (χ1n) is 4.05.